The molecular formula is C14H15N5O5. The van der Waals surface area contributed by atoms with Gasteiger partial charge in [0.2, 0.25) is 0 Å². The Morgan fingerprint density at radius 2 is 2.17 bits per heavy atom. The first-order valence-electron chi connectivity index (χ1n) is 7.01. The number of carboxylic acid groups (broad SMARTS) is 1. The molecule has 1 heterocycles. The van der Waals surface area contributed by atoms with Crippen LogP contribution in [-0.2, 0) is 4.79 Å². The number of nitro groups is 1. The highest BCUT2D eigenvalue weighted by Gasteiger charge is 2.21. The number of rotatable bonds is 7. The van der Waals surface area contributed by atoms with Crippen LogP contribution in [0.5, 0.6) is 0 Å². The third kappa shape index (κ3) is 3.91. The SMILES string of the molecule is CN(CCCC(=O)O)C(=O)c1ccc(-n2cncn2)c([N+](=O)[O-])c1. The van der Waals surface area contributed by atoms with E-state index < -0.39 is 16.8 Å². The molecule has 2 aromatic rings. The van der Waals surface area contributed by atoms with Gasteiger partial charge in [0.25, 0.3) is 11.6 Å². The molecule has 1 amide bonds. The number of hydrogen-bond acceptors (Lipinski definition) is 6. The second-order valence-corrected chi connectivity index (χ2v) is 5.02. The Kier molecular flexibility index (Phi) is 5.20. The van der Waals surface area contributed by atoms with E-state index in [2.05, 4.69) is 10.1 Å². The molecule has 0 atom stereocenters. The molecule has 126 valence electrons. The summed E-state index contributed by atoms with van der Waals surface area (Å²) in [5, 5.41) is 23.7. The maximum Gasteiger partial charge on any atom is 0.303 e. The lowest BCUT2D eigenvalue weighted by atomic mass is 10.1. The zero-order valence-corrected chi connectivity index (χ0v) is 12.8. The molecule has 0 saturated heterocycles. The minimum absolute atomic E-state index is 0.0526. The first kappa shape index (κ1) is 17.1. The summed E-state index contributed by atoms with van der Waals surface area (Å²) in [5.74, 6) is -1.36. The number of nitro benzene ring substituents is 1. The Hall–Kier alpha value is -3.30. The van der Waals surface area contributed by atoms with E-state index in [9.17, 15) is 19.7 Å². The molecule has 1 aromatic carbocycles. The Labute approximate surface area is 136 Å². The Balaban J connectivity index is 2.22. The third-order valence-corrected chi connectivity index (χ3v) is 3.32. The molecule has 0 saturated carbocycles. The number of amides is 1. The molecule has 24 heavy (non-hydrogen) atoms. The maximum absolute atomic E-state index is 12.3. The largest absolute Gasteiger partial charge is 0.481 e. The van der Waals surface area contributed by atoms with Crippen LogP contribution in [0.3, 0.4) is 0 Å². The van der Waals surface area contributed by atoms with E-state index >= 15 is 0 Å². The van der Waals surface area contributed by atoms with Crippen molar-refractivity contribution in [1.29, 1.82) is 0 Å². The van der Waals surface area contributed by atoms with Gasteiger partial charge in [0.15, 0.2) is 0 Å². The van der Waals surface area contributed by atoms with Crippen molar-refractivity contribution < 1.29 is 19.6 Å². The van der Waals surface area contributed by atoms with Gasteiger partial charge in [-0.2, -0.15) is 5.10 Å². The second kappa shape index (κ2) is 7.31. The van der Waals surface area contributed by atoms with Gasteiger partial charge in [0.1, 0.15) is 18.3 Å². The Morgan fingerprint density at radius 3 is 2.75 bits per heavy atom. The number of nitrogens with zero attached hydrogens (tertiary/aromatic N) is 5. The standard InChI is InChI=1S/C14H15N5O5/c1-17(6-2-3-13(20)21)14(22)10-4-5-11(12(7-10)19(23)24)18-9-15-8-16-18/h4-5,7-9H,2-3,6H2,1H3,(H,20,21). The average molecular weight is 333 g/mol. The van der Waals surface area contributed by atoms with Crippen LogP contribution >= 0.6 is 0 Å². The minimum atomic E-state index is -0.941. The Bertz CT molecular complexity index is 759. The summed E-state index contributed by atoms with van der Waals surface area (Å²) in [4.78, 5) is 38.5. The molecule has 0 aliphatic rings. The van der Waals surface area contributed by atoms with Crippen molar-refractivity contribution in [2.75, 3.05) is 13.6 Å². The van der Waals surface area contributed by atoms with Crippen molar-refractivity contribution in [2.24, 2.45) is 0 Å². The molecule has 0 fully saturated rings. The van der Waals surface area contributed by atoms with Crippen LogP contribution in [0.15, 0.2) is 30.9 Å². The van der Waals surface area contributed by atoms with Gasteiger partial charge in [0, 0.05) is 31.6 Å². The number of hydrogen-bond donors (Lipinski definition) is 1. The second-order valence-electron chi connectivity index (χ2n) is 5.02. The fraction of sp³-hybridized carbons (Fsp3) is 0.286. The summed E-state index contributed by atoms with van der Waals surface area (Å²) in [7, 11) is 1.52. The average Bonchev–Trinajstić information content (AvgIpc) is 3.07. The quantitative estimate of drug-likeness (QED) is 0.593. The lowest BCUT2D eigenvalue weighted by Crippen LogP contribution is -2.28. The summed E-state index contributed by atoms with van der Waals surface area (Å²) >= 11 is 0. The molecule has 1 aromatic heterocycles. The maximum atomic E-state index is 12.3. The zero-order chi connectivity index (χ0) is 17.7. The van der Waals surface area contributed by atoms with Gasteiger partial charge in [-0.15, -0.1) is 0 Å². The summed E-state index contributed by atoms with van der Waals surface area (Å²) in [5.41, 5.74) is 0.0660. The zero-order valence-electron chi connectivity index (χ0n) is 12.8. The van der Waals surface area contributed by atoms with E-state index in [-0.39, 0.29) is 29.9 Å². The molecule has 2 rings (SSSR count). The number of aliphatic carboxylic acids is 1. The topological polar surface area (TPSA) is 131 Å². The van der Waals surface area contributed by atoms with Crippen molar-refractivity contribution in [3.05, 3.63) is 46.5 Å². The van der Waals surface area contributed by atoms with E-state index in [0.29, 0.717) is 6.42 Å². The first-order valence-corrected chi connectivity index (χ1v) is 7.01. The summed E-state index contributed by atoms with van der Waals surface area (Å²) in [6.45, 7) is 0.240. The lowest BCUT2D eigenvalue weighted by Gasteiger charge is -2.16. The predicted molar refractivity (Wildman–Crippen MR) is 81.8 cm³/mol. The van der Waals surface area contributed by atoms with Gasteiger partial charge in [-0.25, -0.2) is 9.67 Å². The van der Waals surface area contributed by atoms with Crippen LogP contribution in [0.25, 0.3) is 5.69 Å². The van der Waals surface area contributed by atoms with Gasteiger partial charge in [-0.3, -0.25) is 19.7 Å². The van der Waals surface area contributed by atoms with E-state index in [1.165, 1.54) is 47.5 Å². The molecule has 0 aliphatic heterocycles. The van der Waals surface area contributed by atoms with Crippen LogP contribution in [0.1, 0.15) is 23.2 Å². The molecule has 0 bridgehead atoms. The van der Waals surface area contributed by atoms with Crippen molar-refractivity contribution >= 4 is 17.6 Å². The van der Waals surface area contributed by atoms with Gasteiger partial charge < -0.3 is 10.0 Å². The first-order chi connectivity index (χ1) is 11.4. The van der Waals surface area contributed by atoms with Crippen molar-refractivity contribution in [2.45, 2.75) is 12.8 Å². The van der Waals surface area contributed by atoms with E-state index in [0.717, 1.165) is 0 Å². The normalized spacial score (nSPS) is 10.4. The predicted octanol–water partition coefficient (Wildman–Crippen LogP) is 1.11. The number of aromatic nitrogens is 3. The lowest BCUT2D eigenvalue weighted by molar-refractivity contribution is -0.384. The van der Waals surface area contributed by atoms with Gasteiger partial charge in [-0.05, 0) is 18.6 Å². The van der Waals surface area contributed by atoms with Crippen LogP contribution in [0, 0.1) is 10.1 Å². The van der Waals surface area contributed by atoms with Crippen molar-refractivity contribution in [3.8, 4) is 5.69 Å². The third-order valence-electron chi connectivity index (χ3n) is 3.32. The smallest absolute Gasteiger partial charge is 0.303 e. The summed E-state index contributed by atoms with van der Waals surface area (Å²) in [6, 6.07) is 4.05. The molecule has 0 spiro atoms. The monoisotopic (exact) mass is 333 g/mol. The highest BCUT2D eigenvalue weighted by Crippen LogP contribution is 2.24. The molecule has 10 nitrogen and oxygen atoms in total. The van der Waals surface area contributed by atoms with Crippen molar-refractivity contribution in [1.82, 2.24) is 19.7 Å². The number of carbonyl (C=O) groups excluding carboxylic acids is 1. The molecule has 0 unspecified atom stereocenters. The highest BCUT2D eigenvalue weighted by molar-refractivity contribution is 5.95. The minimum Gasteiger partial charge on any atom is -0.481 e. The highest BCUT2D eigenvalue weighted by atomic mass is 16.6. The molecular weight excluding hydrogens is 318 g/mol. The van der Waals surface area contributed by atoms with E-state index in [1.54, 1.807) is 0 Å². The molecule has 1 N–H and O–H groups in total. The van der Waals surface area contributed by atoms with Crippen molar-refractivity contribution in [3.63, 3.8) is 0 Å². The Morgan fingerprint density at radius 1 is 1.42 bits per heavy atom. The fourth-order valence-electron chi connectivity index (χ4n) is 2.12. The molecule has 0 aliphatic carbocycles. The molecule has 0 radical (unpaired) electrons. The van der Waals surface area contributed by atoms with Gasteiger partial charge in [-0.1, -0.05) is 0 Å². The molecule has 10 heteroatoms. The van der Waals surface area contributed by atoms with E-state index in [4.69, 9.17) is 5.11 Å². The number of carbonyl (C=O) groups is 2. The number of carboxylic acids is 1. The summed E-state index contributed by atoms with van der Waals surface area (Å²) in [6.07, 6.45) is 2.82. The van der Waals surface area contributed by atoms with E-state index in [1.807, 2.05) is 0 Å². The van der Waals surface area contributed by atoms with Crippen LogP contribution in [0.2, 0.25) is 0 Å². The number of benzene rings is 1. The van der Waals surface area contributed by atoms with Gasteiger partial charge in [0.05, 0.1) is 4.92 Å². The van der Waals surface area contributed by atoms with Crippen LogP contribution < -0.4 is 0 Å². The fourth-order valence-corrected chi connectivity index (χ4v) is 2.12. The van der Waals surface area contributed by atoms with Crippen LogP contribution in [-0.4, -0.2) is 55.2 Å². The van der Waals surface area contributed by atoms with Gasteiger partial charge >= 0.3 is 5.97 Å². The summed E-state index contributed by atoms with van der Waals surface area (Å²) < 4.78 is 1.24. The van der Waals surface area contributed by atoms with Crippen LogP contribution in [0.4, 0.5) is 5.69 Å².